The van der Waals surface area contributed by atoms with Crippen molar-refractivity contribution in [2.45, 2.75) is 19.3 Å². The van der Waals surface area contributed by atoms with Gasteiger partial charge in [-0.3, -0.25) is 4.79 Å². The molecule has 0 spiro atoms. The van der Waals surface area contributed by atoms with Gasteiger partial charge in [0.15, 0.2) is 0 Å². The molecule has 0 bridgehead atoms. The molecule has 2 heterocycles. The third-order valence-corrected chi connectivity index (χ3v) is 4.73. The number of para-hydroxylation sites is 1. The zero-order valence-corrected chi connectivity index (χ0v) is 14.7. The predicted molar refractivity (Wildman–Crippen MR) is 103 cm³/mol. The molecule has 0 unspecified atom stereocenters. The lowest BCUT2D eigenvalue weighted by Gasteiger charge is -2.19. The highest BCUT2D eigenvalue weighted by molar-refractivity contribution is 5.96. The van der Waals surface area contributed by atoms with Crippen LogP contribution in [0.2, 0.25) is 0 Å². The van der Waals surface area contributed by atoms with Crippen LogP contribution in [0.3, 0.4) is 0 Å². The highest BCUT2D eigenvalue weighted by Gasteiger charge is 2.20. The molecule has 0 saturated carbocycles. The average Bonchev–Trinajstić information content (AvgIpc) is 3.22. The second-order valence-electron chi connectivity index (χ2n) is 6.57. The largest absolute Gasteiger partial charge is 0.356 e. The second kappa shape index (κ2) is 7.52. The number of nitrogens with zero attached hydrogens (tertiary/aromatic N) is 3. The highest BCUT2D eigenvalue weighted by Crippen LogP contribution is 2.26. The minimum absolute atomic E-state index is 0.216. The van der Waals surface area contributed by atoms with Crippen LogP contribution < -0.4 is 10.2 Å². The van der Waals surface area contributed by atoms with Crippen molar-refractivity contribution in [3.8, 4) is 0 Å². The summed E-state index contributed by atoms with van der Waals surface area (Å²) in [6.07, 6.45) is 3.12. The molecule has 0 radical (unpaired) electrons. The van der Waals surface area contributed by atoms with Gasteiger partial charge < -0.3 is 10.2 Å². The molecule has 1 aliphatic heterocycles. The molecule has 1 N–H and O–H groups in total. The van der Waals surface area contributed by atoms with Crippen LogP contribution in [0.25, 0.3) is 10.9 Å². The molecule has 5 nitrogen and oxygen atoms in total. The average molecular weight is 346 g/mol. The van der Waals surface area contributed by atoms with Crippen molar-refractivity contribution in [1.82, 2.24) is 15.3 Å². The molecule has 1 amide bonds. The Morgan fingerprint density at radius 2 is 1.69 bits per heavy atom. The van der Waals surface area contributed by atoms with Crippen LogP contribution in [-0.2, 0) is 6.42 Å². The molecule has 1 aliphatic rings. The fourth-order valence-corrected chi connectivity index (χ4v) is 3.38. The van der Waals surface area contributed by atoms with E-state index in [4.69, 9.17) is 0 Å². The Bertz CT molecular complexity index is 904. The van der Waals surface area contributed by atoms with Crippen LogP contribution in [0.4, 0.5) is 5.82 Å². The van der Waals surface area contributed by atoms with E-state index in [1.165, 1.54) is 5.56 Å². The Hall–Kier alpha value is -2.95. The first-order chi connectivity index (χ1) is 12.8. The molecule has 3 aromatic rings. The molecule has 132 valence electrons. The van der Waals surface area contributed by atoms with E-state index in [2.05, 4.69) is 32.3 Å². The van der Waals surface area contributed by atoms with Crippen LogP contribution in [-0.4, -0.2) is 35.5 Å². The van der Waals surface area contributed by atoms with Crippen molar-refractivity contribution in [2.75, 3.05) is 24.5 Å². The number of carbonyl (C=O) groups is 1. The van der Waals surface area contributed by atoms with E-state index >= 15 is 0 Å². The van der Waals surface area contributed by atoms with E-state index < -0.39 is 0 Å². The molecule has 4 rings (SSSR count). The predicted octanol–water partition coefficient (Wildman–Crippen LogP) is 3.20. The van der Waals surface area contributed by atoms with Crippen LogP contribution in [0.5, 0.6) is 0 Å². The number of benzene rings is 2. The minimum atomic E-state index is -0.216. The maximum Gasteiger partial charge on any atom is 0.289 e. The zero-order valence-electron chi connectivity index (χ0n) is 14.7. The monoisotopic (exact) mass is 346 g/mol. The van der Waals surface area contributed by atoms with Crippen LogP contribution in [0, 0.1) is 0 Å². The summed E-state index contributed by atoms with van der Waals surface area (Å²) < 4.78 is 0. The molecule has 5 heteroatoms. The van der Waals surface area contributed by atoms with Gasteiger partial charge in [-0.15, -0.1) is 0 Å². The van der Waals surface area contributed by atoms with Gasteiger partial charge in [-0.1, -0.05) is 42.5 Å². The summed E-state index contributed by atoms with van der Waals surface area (Å²) in [5.41, 5.74) is 2.02. The first kappa shape index (κ1) is 16.5. The summed E-state index contributed by atoms with van der Waals surface area (Å²) in [5.74, 6) is 0.909. The maximum absolute atomic E-state index is 12.6. The van der Waals surface area contributed by atoms with Gasteiger partial charge in [0.2, 0.25) is 5.82 Å². The van der Waals surface area contributed by atoms with E-state index in [0.717, 1.165) is 49.1 Å². The van der Waals surface area contributed by atoms with Crippen molar-refractivity contribution >= 4 is 22.6 Å². The van der Waals surface area contributed by atoms with Crippen molar-refractivity contribution in [1.29, 1.82) is 0 Å². The molecule has 1 fully saturated rings. The first-order valence-corrected chi connectivity index (χ1v) is 9.15. The fraction of sp³-hybridized carbons (Fsp3) is 0.286. The fourth-order valence-electron chi connectivity index (χ4n) is 3.38. The summed E-state index contributed by atoms with van der Waals surface area (Å²) in [5, 5.41) is 3.96. The number of anilines is 1. The number of aromatic nitrogens is 2. The van der Waals surface area contributed by atoms with Crippen LogP contribution in [0.15, 0.2) is 54.6 Å². The van der Waals surface area contributed by atoms with Gasteiger partial charge in [-0.05, 0) is 37.0 Å². The van der Waals surface area contributed by atoms with E-state index in [1.807, 2.05) is 42.5 Å². The summed E-state index contributed by atoms with van der Waals surface area (Å²) >= 11 is 0. The van der Waals surface area contributed by atoms with Crippen molar-refractivity contribution in [2.24, 2.45) is 0 Å². The Balaban J connectivity index is 1.54. The number of amides is 1. The van der Waals surface area contributed by atoms with Crippen molar-refractivity contribution < 1.29 is 4.79 Å². The minimum Gasteiger partial charge on any atom is -0.356 e. The number of carbonyl (C=O) groups excluding carboxylic acids is 1. The first-order valence-electron chi connectivity index (χ1n) is 9.15. The van der Waals surface area contributed by atoms with E-state index in [0.29, 0.717) is 6.54 Å². The van der Waals surface area contributed by atoms with E-state index in [9.17, 15) is 4.79 Å². The topological polar surface area (TPSA) is 58.1 Å². The highest BCUT2D eigenvalue weighted by atomic mass is 16.2. The summed E-state index contributed by atoms with van der Waals surface area (Å²) in [4.78, 5) is 23.9. The number of fused-ring (bicyclic) bond motifs is 1. The third kappa shape index (κ3) is 3.52. The van der Waals surface area contributed by atoms with Crippen LogP contribution in [0.1, 0.15) is 29.0 Å². The van der Waals surface area contributed by atoms with Gasteiger partial charge in [-0.25, -0.2) is 9.97 Å². The Labute approximate surface area is 153 Å². The zero-order chi connectivity index (χ0) is 17.8. The maximum atomic E-state index is 12.6. The third-order valence-electron chi connectivity index (χ3n) is 4.73. The molecule has 2 aromatic carbocycles. The molecule has 0 atom stereocenters. The van der Waals surface area contributed by atoms with Gasteiger partial charge >= 0.3 is 0 Å². The van der Waals surface area contributed by atoms with Gasteiger partial charge in [0.25, 0.3) is 5.91 Å². The lowest BCUT2D eigenvalue weighted by molar-refractivity contribution is 0.0944. The standard InChI is InChI=1S/C21H22N4O/c26-21(22-13-12-16-8-2-1-3-9-16)19-23-18-11-5-4-10-17(18)20(24-19)25-14-6-7-15-25/h1-5,8-11H,6-7,12-15H2,(H,22,26). The number of hydrogen-bond donors (Lipinski definition) is 1. The van der Waals surface area contributed by atoms with Gasteiger partial charge in [0.1, 0.15) is 5.82 Å². The quantitative estimate of drug-likeness (QED) is 0.771. The number of nitrogens with one attached hydrogen (secondary N) is 1. The van der Waals surface area contributed by atoms with Gasteiger partial charge in [0, 0.05) is 25.0 Å². The van der Waals surface area contributed by atoms with E-state index in [-0.39, 0.29) is 11.7 Å². The molecule has 1 aromatic heterocycles. The summed E-state index contributed by atoms with van der Waals surface area (Å²) in [6.45, 7) is 2.53. The molecule has 1 saturated heterocycles. The summed E-state index contributed by atoms with van der Waals surface area (Å²) in [6, 6.07) is 18.0. The second-order valence-corrected chi connectivity index (χ2v) is 6.57. The van der Waals surface area contributed by atoms with Crippen LogP contribution >= 0.6 is 0 Å². The number of hydrogen-bond acceptors (Lipinski definition) is 4. The molecular formula is C21H22N4O. The van der Waals surface area contributed by atoms with Crippen molar-refractivity contribution in [3.63, 3.8) is 0 Å². The lowest BCUT2D eigenvalue weighted by atomic mass is 10.1. The Morgan fingerprint density at radius 1 is 0.962 bits per heavy atom. The smallest absolute Gasteiger partial charge is 0.289 e. The Morgan fingerprint density at radius 3 is 2.50 bits per heavy atom. The Kier molecular flexibility index (Phi) is 4.78. The lowest BCUT2D eigenvalue weighted by Crippen LogP contribution is -2.29. The van der Waals surface area contributed by atoms with Crippen molar-refractivity contribution in [3.05, 3.63) is 66.0 Å². The molecule has 26 heavy (non-hydrogen) atoms. The van der Waals surface area contributed by atoms with Gasteiger partial charge in [0.05, 0.1) is 5.52 Å². The molecular weight excluding hydrogens is 324 g/mol. The van der Waals surface area contributed by atoms with Gasteiger partial charge in [-0.2, -0.15) is 0 Å². The van der Waals surface area contributed by atoms with E-state index in [1.54, 1.807) is 0 Å². The normalized spacial score (nSPS) is 13.9. The summed E-state index contributed by atoms with van der Waals surface area (Å²) in [7, 11) is 0. The number of rotatable bonds is 5. The molecule has 0 aliphatic carbocycles. The SMILES string of the molecule is O=C(NCCc1ccccc1)c1nc(N2CCCC2)c2ccccc2n1.